The van der Waals surface area contributed by atoms with Gasteiger partial charge < -0.3 is 8.85 Å². The molecule has 1 heterocycles. The van der Waals surface area contributed by atoms with Crippen molar-refractivity contribution in [3.8, 4) is 0 Å². The minimum atomic E-state index is -2.58. The Kier molecular flexibility index (Phi) is 16.3. The van der Waals surface area contributed by atoms with E-state index in [-0.39, 0.29) is 0 Å². The van der Waals surface area contributed by atoms with Gasteiger partial charge in [-0.15, -0.1) is 0 Å². The van der Waals surface area contributed by atoms with Crippen LogP contribution in [0.5, 0.6) is 0 Å². The minimum absolute atomic E-state index is 0.629. The van der Waals surface area contributed by atoms with Crippen LogP contribution in [0, 0.1) is 5.92 Å². The maximum absolute atomic E-state index is 6.25. The molecule has 0 aromatic rings. The first-order valence-electron chi connectivity index (χ1n) is 11.6. The zero-order valence-corrected chi connectivity index (χ0v) is 19.9. The highest BCUT2D eigenvalue weighted by atomic mass is 32.1. The molecular weight excluding hydrogens is 374 g/mol. The van der Waals surface area contributed by atoms with Crippen LogP contribution in [0.4, 0.5) is 0 Å². The molecule has 0 amide bonds. The average molecular weight is 420 g/mol. The van der Waals surface area contributed by atoms with Gasteiger partial charge in [0, 0.05) is 25.8 Å². The van der Waals surface area contributed by atoms with Crippen molar-refractivity contribution in [3.63, 3.8) is 0 Å². The molecule has 162 valence electrons. The summed E-state index contributed by atoms with van der Waals surface area (Å²) in [7, 11) is -2.58. The lowest BCUT2D eigenvalue weighted by molar-refractivity contribution is -0.00374. The molecule has 0 aromatic heterocycles. The normalized spacial score (nSPS) is 23.9. The summed E-state index contributed by atoms with van der Waals surface area (Å²) in [5.74, 6) is 1.48. The number of hydroxylamine groups is 1. The van der Waals surface area contributed by atoms with E-state index in [0.717, 1.165) is 57.2 Å². The third kappa shape index (κ3) is 12.5. The number of rotatable bonds is 16. The predicted molar refractivity (Wildman–Crippen MR) is 120 cm³/mol. The summed E-state index contributed by atoms with van der Waals surface area (Å²) < 4.78 is 18.4. The number of nitrogens with one attached hydrogen (secondary N) is 1. The van der Waals surface area contributed by atoms with Gasteiger partial charge in [0.05, 0.1) is 0 Å². The van der Waals surface area contributed by atoms with Gasteiger partial charge in [-0.1, -0.05) is 78.1 Å². The van der Waals surface area contributed by atoms with Crippen LogP contribution >= 0.6 is 12.6 Å². The van der Waals surface area contributed by atoms with E-state index in [2.05, 4.69) is 32.0 Å². The lowest BCUT2D eigenvalue weighted by Crippen LogP contribution is -2.52. The van der Waals surface area contributed by atoms with Crippen LogP contribution in [0.15, 0.2) is 0 Å². The van der Waals surface area contributed by atoms with Gasteiger partial charge in [-0.25, -0.2) is 5.48 Å². The first-order chi connectivity index (χ1) is 13.3. The molecule has 4 nitrogen and oxygen atoms in total. The molecule has 0 spiro atoms. The molecule has 1 N–H and O–H groups in total. The average Bonchev–Trinajstić information content (AvgIpc) is 2.67. The fraction of sp³-hybridized carbons (Fsp3) is 1.00. The van der Waals surface area contributed by atoms with Gasteiger partial charge in [0.2, 0.25) is 0 Å². The van der Waals surface area contributed by atoms with E-state index in [0.29, 0.717) is 5.92 Å². The molecular formula is C21H45NO3SSi. The Balaban J connectivity index is 2.17. The molecule has 0 bridgehead atoms. The van der Waals surface area contributed by atoms with Crippen molar-refractivity contribution in [1.82, 2.24) is 5.48 Å². The van der Waals surface area contributed by atoms with Crippen molar-refractivity contribution >= 4 is 21.4 Å². The van der Waals surface area contributed by atoms with Gasteiger partial charge in [0.25, 0.3) is 0 Å². The van der Waals surface area contributed by atoms with Crippen LogP contribution in [0.1, 0.15) is 97.3 Å². The largest absolute Gasteiger partial charge is 0.517 e. The van der Waals surface area contributed by atoms with E-state index in [4.69, 9.17) is 13.4 Å². The van der Waals surface area contributed by atoms with E-state index in [1.54, 1.807) is 0 Å². The van der Waals surface area contributed by atoms with E-state index < -0.39 is 8.80 Å². The minimum Gasteiger partial charge on any atom is -0.373 e. The molecule has 1 rings (SSSR count). The Bertz CT molecular complexity index is 327. The molecule has 1 fully saturated rings. The van der Waals surface area contributed by atoms with E-state index in [1.165, 1.54) is 57.8 Å². The Hall–Kier alpha value is 0.407. The standard InChI is InChI=1S/C21H45NO3SSi/c1-3-5-6-7-8-9-10-11-12-13-16-23-27(19-14-18-26)24-17-15-21(4-2)20-22-25-27/h21-22,26H,3-20H2,1-2H3. The third-order valence-electron chi connectivity index (χ3n) is 5.49. The monoisotopic (exact) mass is 419 g/mol. The second-order valence-electron chi connectivity index (χ2n) is 7.90. The fourth-order valence-electron chi connectivity index (χ4n) is 3.51. The highest BCUT2D eigenvalue weighted by Crippen LogP contribution is 2.22. The molecule has 1 saturated heterocycles. The van der Waals surface area contributed by atoms with E-state index >= 15 is 0 Å². The smallest absolute Gasteiger partial charge is 0.373 e. The summed E-state index contributed by atoms with van der Waals surface area (Å²) in [5.41, 5.74) is 3.16. The third-order valence-corrected chi connectivity index (χ3v) is 8.51. The van der Waals surface area contributed by atoms with Gasteiger partial charge in [0.1, 0.15) is 0 Å². The zero-order chi connectivity index (χ0) is 19.6. The van der Waals surface area contributed by atoms with Crippen LogP contribution in [-0.4, -0.2) is 34.3 Å². The predicted octanol–water partition coefficient (Wildman–Crippen LogP) is 6.15. The van der Waals surface area contributed by atoms with Crippen LogP contribution < -0.4 is 5.48 Å². The summed E-state index contributed by atoms with van der Waals surface area (Å²) in [6.07, 6.45) is 16.6. The molecule has 0 aromatic carbocycles. The van der Waals surface area contributed by atoms with Gasteiger partial charge >= 0.3 is 8.80 Å². The first-order valence-corrected chi connectivity index (χ1v) is 14.1. The lowest BCUT2D eigenvalue weighted by atomic mass is 10.0. The fourth-order valence-corrected chi connectivity index (χ4v) is 6.35. The van der Waals surface area contributed by atoms with Crippen LogP contribution in [0.25, 0.3) is 0 Å². The highest BCUT2D eigenvalue weighted by molar-refractivity contribution is 7.80. The van der Waals surface area contributed by atoms with Gasteiger partial charge in [-0.3, -0.25) is 4.53 Å². The van der Waals surface area contributed by atoms with Gasteiger partial charge in [-0.05, 0) is 30.9 Å². The second kappa shape index (κ2) is 17.3. The first kappa shape index (κ1) is 25.4. The molecule has 0 radical (unpaired) electrons. The van der Waals surface area contributed by atoms with Gasteiger partial charge in [-0.2, -0.15) is 12.6 Å². The Morgan fingerprint density at radius 1 is 0.963 bits per heavy atom. The summed E-state index contributed by atoms with van der Waals surface area (Å²) in [5, 5.41) is 0. The van der Waals surface area contributed by atoms with Crippen molar-refractivity contribution in [1.29, 1.82) is 0 Å². The van der Waals surface area contributed by atoms with Crippen molar-refractivity contribution in [3.05, 3.63) is 0 Å². The summed E-state index contributed by atoms with van der Waals surface area (Å²) in [6.45, 7) is 6.92. The molecule has 1 aliphatic rings. The maximum atomic E-state index is 6.25. The molecule has 2 unspecified atom stereocenters. The number of hydrogen-bond donors (Lipinski definition) is 2. The number of unbranched alkanes of at least 4 members (excludes halogenated alkanes) is 9. The van der Waals surface area contributed by atoms with Crippen LogP contribution in [0.3, 0.4) is 0 Å². The Labute approximate surface area is 175 Å². The molecule has 0 saturated carbocycles. The van der Waals surface area contributed by atoms with Crippen molar-refractivity contribution in [2.45, 2.75) is 103 Å². The maximum Gasteiger partial charge on any atom is 0.517 e. The summed E-state index contributed by atoms with van der Waals surface area (Å²) in [4.78, 5) is 0. The summed E-state index contributed by atoms with van der Waals surface area (Å²) in [6, 6.07) is 0.859. The number of hydrogen-bond acceptors (Lipinski definition) is 5. The van der Waals surface area contributed by atoms with Crippen molar-refractivity contribution in [2.24, 2.45) is 5.92 Å². The van der Waals surface area contributed by atoms with Crippen LogP contribution in [-0.2, 0) is 13.4 Å². The lowest BCUT2D eigenvalue weighted by Gasteiger charge is -2.33. The topological polar surface area (TPSA) is 39.7 Å². The van der Waals surface area contributed by atoms with E-state index in [1.807, 2.05) is 0 Å². The number of thiol groups is 1. The highest BCUT2D eigenvalue weighted by Gasteiger charge is 2.42. The Morgan fingerprint density at radius 3 is 2.26 bits per heavy atom. The zero-order valence-electron chi connectivity index (χ0n) is 18.0. The van der Waals surface area contributed by atoms with Crippen molar-refractivity contribution < 1.29 is 13.4 Å². The molecule has 0 aliphatic carbocycles. The molecule has 1 aliphatic heterocycles. The van der Waals surface area contributed by atoms with Crippen molar-refractivity contribution in [2.75, 3.05) is 25.5 Å². The van der Waals surface area contributed by atoms with Crippen LogP contribution in [0.2, 0.25) is 6.04 Å². The SMILES string of the molecule is CCCCCCCCCCCCO[Si]1(CCCS)OCCC(CC)CNO1. The molecule has 6 heteroatoms. The summed E-state index contributed by atoms with van der Waals surface area (Å²) >= 11 is 4.35. The molecule has 27 heavy (non-hydrogen) atoms. The second-order valence-corrected chi connectivity index (χ2v) is 11.0. The molecule has 2 atom stereocenters. The van der Waals surface area contributed by atoms with Gasteiger partial charge in [0.15, 0.2) is 0 Å². The quantitative estimate of drug-likeness (QED) is 0.179. The van der Waals surface area contributed by atoms with E-state index in [9.17, 15) is 0 Å². The Morgan fingerprint density at radius 2 is 1.63 bits per heavy atom.